The second-order valence-corrected chi connectivity index (χ2v) is 9.46. The molecule has 0 saturated carbocycles. The van der Waals surface area contributed by atoms with Crippen molar-refractivity contribution in [3.63, 3.8) is 0 Å². The van der Waals surface area contributed by atoms with E-state index in [0.29, 0.717) is 47.5 Å². The number of nitrogens with one attached hydrogen (secondary N) is 1. The van der Waals surface area contributed by atoms with Crippen LogP contribution in [-0.4, -0.2) is 46.1 Å². The van der Waals surface area contributed by atoms with Gasteiger partial charge >= 0.3 is 5.97 Å². The zero-order valence-electron chi connectivity index (χ0n) is 21.0. The average molecular weight is 518 g/mol. The van der Waals surface area contributed by atoms with Crippen LogP contribution in [0.25, 0.3) is 0 Å². The Balaban J connectivity index is 1.35. The molecule has 6 rings (SSSR count). The van der Waals surface area contributed by atoms with Crippen LogP contribution in [0.2, 0.25) is 0 Å². The van der Waals surface area contributed by atoms with Crippen molar-refractivity contribution in [2.24, 2.45) is 11.8 Å². The molecule has 1 amide bonds. The lowest BCUT2D eigenvalue weighted by molar-refractivity contribution is -0.141. The van der Waals surface area contributed by atoms with E-state index >= 15 is 0 Å². The maximum absolute atomic E-state index is 12.9. The van der Waals surface area contributed by atoms with Crippen molar-refractivity contribution in [3.05, 3.63) is 71.3 Å². The molecule has 3 atom stereocenters. The van der Waals surface area contributed by atoms with Gasteiger partial charge in [-0.1, -0.05) is 18.2 Å². The van der Waals surface area contributed by atoms with Gasteiger partial charge in [0.15, 0.2) is 29.6 Å². The Kier molecular flexibility index (Phi) is 6.19. The fraction of sp³-hybridized carbons (Fsp3) is 0.310. The van der Waals surface area contributed by atoms with Crippen LogP contribution in [0, 0.1) is 11.8 Å². The first kappa shape index (κ1) is 24.0. The standard InChI is InChI=1S/C29H27NO8/c1-33-23-10-17(11-24(34-2)28(23)35-14-25(31)30-19-6-4-3-5-7-19)26-20-12-22-21(37-15-38-22)9-16(20)8-18-13-36-29(32)27(18)26/h3-7,9-12,18,26-27H,8,13-15H2,1-2H3,(H,30,31)/t18-,26+,27-/m0/s1. The first-order valence-electron chi connectivity index (χ1n) is 12.4. The molecule has 1 N–H and O–H groups in total. The zero-order valence-corrected chi connectivity index (χ0v) is 21.0. The number of carbonyl (C=O) groups is 2. The molecule has 196 valence electrons. The van der Waals surface area contributed by atoms with Gasteiger partial charge < -0.3 is 33.7 Å². The predicted molar refractivity (Wildman–Crippen MR) is 136 cm³/mol. The van der Waals surface area contributed by atoms with E-state index in [4.69, 9.17) is 28.4 Å². The predicted octanol–water partition coefficient (Wildman–Crippen LogP) is 3.93. The fourth-order valence-electron chi connectivity index (χ4n) is 5.58. The highest BCUT2D eigenvalue weighted by atomic mass is 16.7. The number of esters is 1. The van der Waals surface area contributed by atoms with Gasteiger partial charge in [-0.25, -0.2) is 0 Å². The van der Waals surface area contributed by atoms with E-state index in [1.54, 1.807) is 12.1 Å². The van der Waals surface area contributed by atoms with E-state index in [-0.39, 0.29) is 43.0 Å². The number of methoxy groups -OCH3 is 2. The number of carbonyl (C=O) groups excluding carboxylic acids is 2. The summed E-state index contributed by atoms with van der Waals surface area (Å²) in [6, 6.07) is 16.8. The minimum atomic E-state index is -0.360. The molecule has 38 heavy (non-hydrogen) atoms. The lowest BCUT2D eigenvalue weighted by Gasteiger charge is -2.34. The van der Waals surface area contributed by atoms with E-state index in [2.05, 4.69) is 5.32 Å². The van der Waals surface area contributed by atoms with Crippen LogP contribution in [-0.2, 0) is 20.7 Å². The number of fused-ring (bicyclic) bond motifs is 3. The number of para-hydroxylation sites is 1. The molecule has 2 heterocycles. The van der Waals surface area contributed by atoms with Crippen molar-refractivity contribution in [1.82, 2.24) is 0 Å². The number of anilines is 1. The van der Waals surface area contributed by atoms with Crippen molar-refractivity contribution in [2.45, 2.75) is 12.3 Å². The Morgan fingerprint density at radius 2 is 1.68 bits per heavy atom. The molecule has 2 aliphatic heterocycles. The fourth-order valence-corrected chi connectivity index (χ4v) is 5.58. The first-order valence-corrected chi connectivity index (χ1v) is 12.4. The quantitative estimate of drug-likeness (QED) is 0.471. The smallest absolute Gasteiger partial charge is 0.310 e. The van der Waals surface area contributed by atoms with Gasteiger partial charge in [-0.3, -0.25) is 9.59 Å². The highest BCUT2D eigenvalue weighted by Crippen LogP contribution is 2.52. The van der Waals surface area contributed by atoms with Gasteiger partial charge in [-0.05, 0) is 59.5 Å². The van der Waals surface area contributed by atoms with Crippen LogP contribution in [0.15, 0.2) is 54.6 Å². The van der Waals surface area contributed by atoms with Crippen molar-refractivity contribution < 1.29 is 38.0 Å². The van der Waals surface area contributed by atoms with Gasteiger partial charge in [0, 0.05) is 17.5 Å². The van der Waals surface area contributed by atoms with Gasteiger partial charge in [0.25, 0.3) is 5.91 Å². The molecule has 9 nitrogen and oxygen atoms in total. The molecule has 0 bridgehead atoms. The summed E-state index contributed by atoms with van der Waals surface area (Å²) >= 11 is 0. The van der Waals surface area contributed by atoms with Crippen molar-refractivity contribution in [2.75, 3.05) is 39.5 Å². The average Bonchev–Trinajstić information content (AvgIpc) is 3.55. The van der Waals surface area contributed by atoms with E-state index in [1.807, 2.05) is 42.5 Å². The third-order valence-electron chi connectivity index (χ3n) is 7.28. The largest absolute Gasteiger partial charge is 0.493 e. The SMILES string of the molecule is COc1cc([C@@H]2c3cc4c(cc3C[C@H]3COC(=O)[C@@H]32)OCO4)cc(OC)c1OCC(=O)Nc1ccccc1. The van der Waals surface area contributed by atoms with E-state index in [1.165, 1.54) is 14.2 Å². The van der Waals surface area contributed by atoms with Crippen LogP contribution < -0.4 is 29.0 Å². The van der Waals surface area contributed by atoms with Crippen molar-refractivity contribution >= 4 is 17.6 Å². The molecule has 1 saturated heterocycles. The molecule has 3 aliphatic rings. The summed E-state index contributed by atoms with van der Waals surface area (Å²) in [7, 11) is 3.05. The highest BCUT2D eigenvalue weighted by molar-refractivity contribution is 5.92. The van der Waals surface area contributed by atoms with Crippen LogP contribution in [0.5, 0.6) is 28.7 Å². The molecule has 0 unspecified atom stereocenters. The highest BCUT2D eigenvalue weighted by Gasteiger charge is 2.48. The molecular formula is C29H27NO8. The van der Waals surface area contributed by atoms with Crippen molar-refractivity contribution in [1.29, 1.82) is 0 Å². The Morgan fingerprint density at radius 1 is 0.974 bits per heavy atom. The summed E-state index contributed by atoms with van der Waals surface area (Å²) in [6.07, 6.45) is 0.713. The Bertz CT molecular complexity index is 1360. The molecule has 3 aromatic carbocycles. The lowest BCUT2D eigenvalue weighted by atomic mass is 9.67. The molecule has 0 radical (unpaired) electrons. The molecule has 0 spiro atoms. The van der Waals surface area contributed by atoms with Gasteiger partial charge in [-0.2, -0.15) is 0 Å². The van der Waals surface area contributed by atoms with E-state index in [0.717, 1.165) is 16.7 Å². The van der Waals surface area contributed by atoms with E-state index < -0.39 is 0 Å². The van der Waals surface area contributed by atoms with Crippen LogP contribution in [0.4, 0.5) is 5.69 Å². The molecular weight excluding hydrogens is 490 g/mol. The molecule has 1 fully saturated rings. The monoisotopic (exact) mass is 517 g/mol. The van der Waals surface area contributed by atoms with Gasteiger partial charge in [0.1, 0.15) is 0 Å². The number of benzene rings is 3. The Morgan fingerprint density at radius 3 is 2.39 bits per heavy atom. The van der Waals surface area contributed by atoms with Gasteiger partial charge in [0.05, 0.1) is 26.7 Å². The first-order chi connectivity index (χ1) is 18.6. The van der Waals surface area contributed by atoms with Crippen LogP contribution in [0.3, 0.4) is 0 Å². The lowest BCUT2D eigenvalue weighted by Crippen LogP contribution is -2.31. The maximum Gasteiger partial charge on any atom is 0.310 e. The second-order valence-electron chi connectivity index (χ2n) is 9.46. The summed E-state index contributed by atoms with van der Waals surface area (Å²) in [5.41, 5.74) is 3.56. The summed E-state index contributed by atoms with van der Waals surface area (Å²) in [6.45, 7) is 0.302. The summed E-state index contributed by atoms with van der Waals surface area (Å²) in [5, 5.41) is 2.79. The summed E-state index contributed by atoms with van der Waals surface area (Å²) in [5.74, 6) is 1.26. The third-order valence-corrected chi connectivity index (χ3v) is 7.28. The van der Waals surface area contributed by atoms with Gasteiger partial charge in [0.2, 0.25) is 12.5 Å². The number of rotatable bonds is 7. The Hall–Kier alpha value is -4.40. The molecule has 1 aliphatic carbocycles. The minimum Gasteiger partial charge on any atom is -0.493 e. The number of ether oxygens (including phenoxy) is 6. The number of hydrogen-bond acceptors (Lipinski definition) is 8. The minimum absolute atomic E-state index is 0.0370. The van der Waals surface area contributed by atoms with Gasteiger partial charge in [-0.15, -0.1) is 0 Å². The van der Waals surface area contributed by atoms with Crippen LogP contribution >= 0.6 is 0 Å². The normalized spacial score (nSPS) is 20.7. The number of amides is 1. The summed E-state index contributed by atoms with van der Waals surface area (Å²) in [4.78, 5) is 25.4. The molecule has 0 aromatic heterocycles. The van der Waals surface area contributed by atoms with Crippen LogP contribution in [0.1, 0.15) is 22.6 Å². The summed E-state index contributed by atoms with van der Waals surface area (Å²) < 4.78 is 34.0. The number of hydrogen-bond donors (Lipinski definition) is 1. The third kappa shape index (κ3) is 4.23. The molecule has 3 aromatic rings. The topological polar surface area (TPSA) is 102 Å². The second kappa shape index (κ2) is 9.81. The Labute approximate surface area is 219 Å². The number of cyclic esters (lactones) is 1. The zero-order chi connectivity index (χ0) is 26.2. The van der Waals surface area contributed by atoms with E-state index in [9.17, 15) is 9.59 Å². The maximum atomic E-state index is 12.9. The van der Waals surface area contributed by atoms with Crippen molar-refractivity contribution in [3.8, 4) is 28.7 Å². The molecule has 9 heteroatoms.